The van der Waals surface area contributed by atoms with Crippen LogP contribution in [0.25, 0.3) is 10.3 Å². The molecule has 1 aliphatic rings. The van der Waals surface area contributed by atoms with Crippen LogP contribution < -0.4 is 10.6 Å². The van der Waals surface area contributed by atoms with Gasteiger partial charge in [-0.25, -0.2) is 4.98 Å². The van der Waals surface area contributed by atoms with Crippen molar-refractivity contribution in [2.24, 2.45) is 5.92 Å². The summed E-state index contributed by atoms with van der Waals surface area (Å²) in [5.41, 5.74) is 5.88. The number of ether oxygens (including phenoxy) is 1. The summed E-state index contributed by atoms with van der Waals surface area (Å²) < 4.78 is 7.42. The summed E-state index contributed by atoms with van der Waals surface area (Å²) in [6.07, 6.45) is -0.832. The van der Waals surface area contributed by atoms with E-state index in [0.717, 1.165) is 11.3 Å². The van der Waals surface area contributed by atoms with Crippen LogP contribution in [0.15, 0.2) is 11.0 Å². The van der Waals surface area contributed by atoms with E-state index in [0.29, 0.717) is 10.3 Å². The number of thiazole rings is 1. The van der Waals surface area contributed by atoms with Gasteiger partial charge in [-0.2, -0.15) is 4.98 Å². The molecule has 2 aromatic rings. The van der Waals surface area contributed by atoms with E-state index in [4.69, 9.17) is 10.5 Å². The van der Waals surface area contributed by atoms with Gasteiger partial charge in [0.1, 0.15) is 6.10 Å². The number of nitrogens with zero attached hydrogens (tertiary/aromatic N) is 3. The van der Waals surface area contributed by atoms with Crippen molar-refractivity contribution in [2.75, 3.05) is 12.3 Å². The molecule has 20 heavy (non-hydrogen) atoms. The minimum absolute atomic E-state index is 0.0447. The molecule has 4 atom stereocenters. The number of hydrogen-bond donors (Lipinski definition) is 3. The monoisotopic (exact) mass is 298 g/mol. The van der Waals surface area contributed by atoms with Crippen molar-refractivity contribution in [3.63, 3.8) is 0 Å². The summed E-state index contributed by atoms with van der Waals surface area (Å²) in [5, 5.41) is 19.4. The van der Waals surface area contributed by atoms with Gasteiger partial charge in [-0.1, -0.05) is 18.3 Å². The summed E-state index contributed by atoms with van der Waals surface area (Å²) in [7, 11) is 0. The van der Waals surface area contributed by atoms with Crippen LogP contribution in [-0.4, -0.2) is 43.6 Å². The number of fused-ring (bicyclic) bond motifs is 1. The predicted molar refractivity (Wildman–Crippen MR) is 72.3 cm³/mol. The van der Waals surface area contributed by atoms with Crippen LogP contribution in [0.2, 0.25) is 0 Å². The van der Waals surface area contributed by atoms with E-state index in [-0.39, 0.29) is 23.3 Å². The van der Waals surface area contributed by atoms with Crippen LogP contribution in [0.5, 0.6) is 0 Å². The van der Waals surface area contributed by atoms with Gasteiger partial charge in [0, 0.05) is 5.92 Å². The number of nitrogens with two attached hydrogens (primary N) is 1. The lowest BCUT2D eigenvalue weighted by Crippen LogP contribution is -2.29. The molecule has 0 bridgehead atoms. The van der Waals surface area contributed by atoms with Crippen molar-refractivity contribution in [1.29, 1.82) is 0 Å². The Hall–Kier alpha value is -1.55. The SMILES string of the molecule is C[C@@H]1[C@@H](O)[C@H](n2c(=O)sc3cnc(N)nc32)O[C@@H]1CO. The number of nitrogen functional groups attached to an aromatic ring is 1. The van der Waals surface area contributed by atoms with Gasteiger partial charge in [0.25, 0.3) is 0 Å². The van der Waals surface area contributed by atoms with Crippen LogP contribution in [0, 0.1) is 5.92 Å². The van der Waals surface area contributed by atoms with Gasteiger partial charge >= 0.3 is 4.87 Å². The van der Waals surface area contributed by atoms with E-state index in [1.807, 2.05) is 0 Å². The Balaban J connectivity index is 2.13. The first kappa shape index (κ1) is 13.4. The first-order chi connectivity index (χ1) is 9.52. The van der Waals surface area contributed by atoms with Crippen molar-refractivity contribution in [1.82, 2.24) is 14.5 Å². The second kappa shape index (κ2) is 4.77. The lowest BCUT2D eigenvalue weighted by molar-refractivity contribution is -0.0499. The number of hydrogen-bond acceptors (Lipinski definition) is 8. The molecular formula is C11H14N4O4S. The fourth-order valence-electron chi connectivity index (χ4n) is 2.36. The number of aromatic nitrogens is 3. The maximum absolute atomic E-state index is 12.1. The predicted octanol–water partition coefficient (Wildman–Crippen LogP) is -0.678. The summed E-state index contributed by atoms with van der Waals surface area (Å²) in [6, 6.07) is 0. The van der Waals surface area contributed by atoms with E-state index in [1.165, 1.54) is 10.8 Å². The maximum atomic E-state index is 12.1. The molecule has 8 nitrogen and oxygen atoms in total. The third-order valence-corrected chi connectivity index (χ3v) is 4.42. The Labute approximate surface area is 117 Å². The number of aliphatic hydroxyl groups excluding tert-OH is 2. The zero-order valence-corrected chi connectivity index (χ0v) is 11.4. The molecule has 0 saturated carbocycles. The minimum Gasteiger partial charge on any atom is -0.394 e. The van der Waals surface area contributed by atoms with Gasteiger partial charge in [-0.05, 0) is 0 Å². The Bertz CT molecular complexity index is 699. The zero-order valence-electron chi connectivity index (χ0n) is 10.6. The summed E-state index contributed by atoms with van der Waals surface area (Å²) in [5.74, 6) is -0.241. The normalized spacial score (nSPS) is 30.1. The summed E-state index contributed by atoms with van der Waals surface area (Å²) in [4.78, 5) is 19.7. The molecule has 0 unspecified atom stereocenters. The van der Waals surface area contributed by atoms with Crippen molar-refractivity contribution < 1.29 is 14.9 Å². The molecule has 1 fully saturated rings. The van der Waals surface area contributed by atoms with Gasteiger partial charge in [-0.3, -0.25) is 9.36 Å². The molecule has 0 amide bonds. The van der Waals surface area contributed by atoms with E-state index in [1.54, 1.807) is 6.92 Å². The fourth-order valence-corrected chi connectivity index (χ4v) is 3.18. The third-order valence-electron chi connectivity index (χ3n) is 3.54. The second-order valence-electron chi connectivity index (χ2n) is 4.75. The lowest BCUT2D eigenvalue weighted by Gasteiger charge is -2.16. The van der Waals surface area contributed by atoms with Crippen molar-refractivity contribution >= 4 is 27.6 Å². The highest BCUT2D eigenvalue weighted by Crippen LogP contribution is 2.34. The van der Waals surface area contributed by atoms with Crippen LogP contribution in [-0.2, 0) is 4.74 Å². The summed E-state index contributed by atoms with van der Waals surface area (Å²) in [6.45, 7) is 1.54. The molecule has 1 saturated heterocycles. The van der Waals surface area contributed by atoms with Crippen LogP contribution in [0.4, 0.5) is 5.95 Å². The second-order valence-corrected chi connectivity index (χ2v) is 5.74. The molecule has 4 N–H and O–H groups in total. The smallest absolute Gasteiger partial charge is 0.311 e. The molecular weight excluding hydrogens is 284 g/mol. The molecule has 0 spiro atoms. The number of anilines is 1. The Morgan fingerprint density at radius 3 is 3.00 bits per heavy atom. The first-order valence-corrected chi connectivity index (χ1v) is 6.92. The zero-order chi connectivity index (χ0) is 14.4. The van der Waals surface area contributed by atoms with Crippen molar-refractivity contribution in [2.45, 2.75) is 25.4 Å². The van der Waals surface area contributed by atoms with Crippen LogP contribution >= 0.6 is 11.3 Å². The van der Waals surface area contributed by atoms with E-state index >= 15 is 0 Å². The number of rotatable bonds is 2. The van der Waals surface area contributed by atoms with Crippen LogP contribution in [0.3, 0.4) is 0 Å². The molecule has 0 aliphatic carbocycles. The Morgan fingerprint density at radius 2 is 2.35 bits per heavy atom. The topological polar surface area (TPSA) is 123 Å². The molecule has 0 aromatic carbocycles. The van der Waals surface area contributed by atoms with Gasteiger partial charge in [0.05, 0.1) is 23.6 Å². The minimum atomic E-state index is -0.904. The first-order valence-electron chi connectivity index (χ1n) is 6.11. The van der Waals surface area contributed by atoms with Gasteiger partial charge in [0.15, 0.2) is 11.9 Å². The fraction of sp³-hybridized carbons (Fsp3) is 0.545. The third kappa shape index (κ3) is 1.90. The average molecular weight is 298 g/mol. The molecule has 3 rings (SSSR count). The Kier molecular flexibility index (Phi) is 3.21. The molecule has 108 valence electrons. The van der Waals surface area contributed by atoms with Crippen molar-refractivity contribution in [3.05, 3.63) is 15.9 Å². The van der Waals surface area contributed by atoms with E-state index < -0.39 is 18.4 Å². The van der Waals surface area contributed by atoms with Crippen molar-refractivity contribution in [3.8, 4) is 0 Å². The van der Waals surface area contributed by atoms with Crippen LogP contribution in [0.1, 0.15) is 13.2 Å². The summed E-state index contributed by atoms with van der Waals surface area (Å²) >= 11 is 0.960. The standard InChI is InChI=1S/C11H14N4O4S/c1-4-5(3-16)19-9(7(4)17)15-8-6(20-11(15)18)2-13-10(12)14-8/h2,4-5,7,9,16-17H,3H2,1H3,(H2,12,13,14)/t4-,5+,7+,9+/m0/s1. The Morgan fingerprint density at radius 1 is 1.60 bits per heavy atom. The average Bonchev–Trinajstić information content (AvgIpc) is 2.88. The molecule has 3 heterocycles. The largest absolute Gasteiger partial charge is 0.394 e. The van der Waals surface area contributed by atoms with E-state index in [2.05, 4.69) is 9.97 Å². The molecule has 0 radical (unpaired) electrons. The number of aliphatic hydroxyl groups is 2. The van der Waals surface area contributed by atoms with E-state index in [9.17, 15) is 15.0 Å². The highest BCUT2D eigenvalue weighted by Gasteiger charge is 2.43. The van der Waals surface area contributed by atoms with Gasteiger partial charge < -0.3 is 20.7 Å². The quantitative estimate of drug-likeness (QED) is 0.671. The molecule has 1 aliphatic heterocycles. The molecule has 2 aromatic heterocycles. The van der Waals surface area contributed by atoms with Gasteiger partial charge in [0.2, 0.25) is 5.95 Å². The maximum Gasteiger partial charge on any atom is 0.311 e. The lowest BCUT2D eigenvalue weighted by atomic mass is 10.0. The molecule has 9 heteroatoms. The highest BCUT2D eigenvalue weighted by molar-refractivity contribution is 7.16. The van der Waals surface area contributed by atoms with Gasteiger partial charge in [-0.15, -0.1) is 0 Å². The highest BCUT2D eigenvalue weighted by atomic mass is 32.1.